The van der Waals surface area contributed by atoms with Crippen molar-refractivity contribution < 1.29 is 32.2 Å². The highest BCUT2D eigenvalue weighted by atomic mass is 127. The van der Waals surface area contributed by atoms with Crippen molar-refractivity contribution in [3.63, 3.8) is 0 Å². The number of fused-ring (bicyclic) bond motifs is 2. The maximum atomic E-state index is 13.7. The third-order valence-electron chi connectivity index (χ3n) is 5.31. The Labute approximate surface area is 153 Å². The van der Waals surface area contributed by atoms with E-state index in [9.17, 15) is 22.8 Å². The lowest BCUT2D eigenvalue weighted by Gasteiger charge is -2.41. The first-order valence-electron chi connectivity index (χ1n) is 8.05. The third-order valence-corrected chi connectivity index (χ3v) is 6.51. The van der Waals surface area contributed by atoms with Crippen LogP contribution in [0.3, 0.4) is 0 Å². The van der Waals surface area contributed by atoms with Crippen molar-refractivity contribution in [3.8, 4) is 0 Å². The van der Waals surface area contributed by atoms with Gasteiger partial charge in [0.25, 0.3) is 0 Å². The molecule has 4 nitrogen and oxygen atoms in total. The number of esters is 2. The second-order valence-electron chi connectivity index (χ2n) is 7.04. The zero-order chi connectivity index (χ0) is 18.3. The fourth-order valence-electron chi connectivity index (χ4n) is 3.98. The van der Waals surface area contributed by atoms with Crippen LogP contribution in [0.4, 0.5) is 13.2 Å². The van der Waals surface area contributed by atoms with Gasteiger partial charge in [0.15, 0.2) is 0 Å². The van der Waals surface area contributed by atoms with Crippen molar-refractivity contribution in [2.24, 2.45) is 17.8 Å². The lowest BCUT2D eigenvalue weighted by molar-refractivity contribution is -0.290. The molecule has 2 bridgehead atoms. The zero-order valence-corrected chi connectivity index (χ0v) is 16.1. The Balaban J connectivity index is 2.12. The van der Waals surface area contributed by atoms with Crippen LogP contribution in [0.15, 0.2) is 0 Å². The number of halogens is 4. The van der Waals surface area contributed by atoms with Gasteiger partial charge < -0.3 is 9.47 Å². The van der Waals surface area contributed by atoms with Crippen LogP contribution in [0.1, 0.15) is 46.5 Å². The normalized spacial score (nSPS) is 34.7. The third kappa shape index (κ3) is 3.53. The van der Waals surface area contributed by atoms with Gasteiger partial charge in [-0.3, -0.25) is 9.59 Å². The highest BCUT2D eigenvalue weighted by Gasteiger charge is 2.70. The van der Waals surface area contributed by atoms with Crippen molar-refractivity contribution >= 4 is 34.5 Å². The molecule has 0 radical (unpaired) electrons. The average Bonchev–Trinajstić information content (AvgIpc) is 3.01. The molecule has 0 heterocycles. The zero-order valence-electron chi connectivity index (χ0n) is 13.9. The number of carbonyl (C=O) groups excluding carboxylic acids is 2. The molecule has 2 rings (SSSR count). The predicted octanol–water partition coefficient (Wildman–Crippen LogP) is 4.04. The molecule has 0 saturated heterocycles. The first kappa shape index (κ1) is 19.8. The number of carbonyl (C=O) groups is 2. The summed E-state index contributed by atoms with van der Waals surface area (Å²) in [6.45, 7) is 4.52. The van der Waals surface area contributed by atoms with Gasteiger partial charge in [-0.2, -0.15) is 13.2 Å². The summed E-state index contributed by atoms with van der Waals surface area (Å²) in [6, 6.07) is 0. The van der Waals surface area contributed by atoms with E-state index >= 15 is 0 Å². The summed E-state index contributed by atoms with van der Waals surface area (Å²) in [5.74, 6) is -2.78. The molecule has 4 unspecified atom stereocenters. The van der Waals surface area contributed by atoms with Gasteiger partial charge in [-0.05, 0) is 38.5 Å². The van der Waals surface area contributed by atoms with Gasteiger partial charge in [0, 0.05) is 18.8 Å². The van der Waals surface area contributed by atoms with Crippen molar-refractivity contribution in [2.75, 3.05) is 6.61 Å². The molecule has 138 valence electrons. The molecule has 0 amide bonds. The number of rotatable bonds is 5. The van der Waals surface area contributed by atoms with E-state index in [2.05, 4.69) is 0 Å². The molecule has 0 aromatic carbocycles. The van der Waals surface area contributed by atoms with E-state index in [1.54, 1.807) is 6.92 Å². The van der Waals surface area contributed by atoms with Crippen LogP contribution in [0.5, 0.6) is 0 Å². The summed E-state index contributed by atoms with van der Waals surface area (Å²) >= 11 is 1.99. The average molecular weight is 462 g/mol. The standard InChI is InChI=1S/C16H22F3IO4/c1-4-14(3,20)13(22)23-8-11-5-10-6-12(11)15(7-10,16(17,18)19)24-9(2)21/h10-12H,4-8H2,1-3H3/t10-,11?,12?,14?,15?/m0/s1. The van der Waals surface area contributed by atoms with Gasteiger partial charge in [-0.15, -0.1) is 0 Å². The van der Waals surface area contributed by atoms with Crippen molar-refractivity contribution in [2.45, 2.75) is 61.7 Å². The summed E-state index contributed by atoms with van der Waals surface area (Å²) in [6.07, 6.45) is -3.32. The lowest BCUT2D eigenvalue weighted by Crippen LogP contribution is -2.55. The van der Waals surface area contributed by atoms with E-state index in [1.807, 2.05) is 29.5 Å². The SMILES string of the molecule is CCC(C)(I)C(=O)OCC1C[C@H]2CC1C(OC(C)=O)(C(F)(F)F)C2. The van der Waals surface area contributed by atoms with Gasteiger partial charge in [0.05, 0.1) is 6.61 Å². The van der Waals surface area contributed by atoms with E-state index in [4.69, 9.17) is 9.47 Å². The highest BCUT2D eigenvalue weighted by molar-refractivity contribution is 14.1. The van der Waals surface area contributed by atoms with Gasteiger partial charge in [-0.1, -0.05) is 29.5 Å². The Morgan fingerprint density at radius 2 is 1.92 bits per heavy atom. The molecule has 0 spiro atoms. The molecule has 5 atom stereocenters. The molecule has 0 aromatic rings. The maximum Gasteiger partial charge on any atom is 0.428 e. The molecule has 2 aliphatic rings. The second-order valence-corrected chi connectivity index (χ2v) is 9.42. The lowest BCUT2D eigenvalue weighted by atomic mass is 9.76. The summed E-state index contributed by atoms with van der Waals surface area (Å²) in [7, 11) is 0. The fourth-order valence-corrected chi connectivity index (χ4v) is 4.13. The summed E-state index contributed by atoms with van der Waals surface area (Å²) in [5.41, 5.74) is -2.43. The minimum absolute atomic E-state index is 0.0579. The van der Waals surface area contributed by atoms with Crippen LogP contribution in [0, 0.1) is 17.8 Å². The highest BCUT2D eigenvalue weighted by Crippen LogP contribution is 2.61. The van der Waals surface area contributed by atoms with Crippen molar-refractivity contribution in [1.82, 2.24) is 0 Å². The van der Waals surface area contributed by atoms with E-state index in [0.29, 0.717) is 19.3 Å². The molecule has 2 aliphatic carbocycles. The molecule has 0 aromatic heterocycles. The van der Waals surface area contributed by atoms with Gasteiger partial charge in [0.2, 0.25) is 5.60 Å². The van der Waals surface area contributed by atoms with Gasteiger partial charge in [0.1, 0.15) is 3.42 Å². The van der Waals surface area contributed by atoms with Crippen LogP contribution in [0.2, 0.25) is 0 Å². The first-order chi connectivity index (χ1) is 10.9. The van der Waals surface area contributed by atoms with Crippen molar-refractivity contribution in [1.29, 1.82) is 0 Å². The minimum atomic E-state index is -4.62. The summed E-state index contributed by atoms with van der Waals surface area (Å²) in [5, 5.41) is 0. The number of hydrogen-bond acceptors (Lipinski definition) is 4. The topological polar surface area (TPSA) is 52.6 Å². The molecule has 8 heteroatoms. The van der Waals surface area contributed by atoms with Crippen LogP contribution < -0.4 is 0 Å². The van der Waals surface area contributed by atoms with Crippen molar-refractivity contribution in [3.05, 3.63) is 0 Å². The van der Waals surface area contributed by atoms with Gasteiger partial charge >= 0.3 is 18.1 Å². The first-order valence-corrected chi connectivity index (χ1v) is 9.13. The fraction of sp³-hybridized carbons (Fsp3) is 0.875. The Hall–Kier alpha value is -0.540. The Morgan fingerprint density at radius 1 is 1.29 bits per heavy atom. The van der Waals surface area contributed by atoms with Gasteiger partial charge in [-0.25, -0.2) is 0 Å². The molecular formula is C16H22F3IO4. The Morgan fingerprint density at radius 3 is 2.38 bits per heavy atom. The Bertz CT molecular complexity index is 520. The van der Waals surface area contributed by atoms with Crippen LogP contribution in [-0.4, -0.2) is 33.7 Å². The second kappa shape index (κ2) is 6.64. The van der Waals surface area contributed by atoms with E-state index in [0.717, 1.165) is 6.92 Å². The molecule has 0 aliphatic heterocycles. The number of alkyl halides is 4. The van der Waals surface area contributed by atoms with E-state index in [1.165, 1.54) is 0 Å². The number of hydrogen-bond donors (Lipinski definition) is 0. The maximum absolute atomic E-state index is 13.7. The summed E-state index contributed by atoms with van der Waals surface area (Å²) in [4.78, 5) is 23.3. The molecule has 2 saturated carbocycles. The minimum Gasteiger partial charge on any atom is -0.464 e. The van der Waals surface area contributed by atoms with Crippen LogP contribution in [-0.2, 0) is 19.1 Å². The Kier molecular flexibility index (Phi) is 5.47. The van der Waals surface area contributed by atoms with Crippen LogP contribution >= 0.6 is 22.6 Å². The number of ether oxygens (including phenoxy) is 2. The molecule has 0 N–H and O–H groups in total. The van der Waals surface area contributed by atoms with Crippen LogP contribution in [0.25, 0.3) is 0 Å². The molecule has 2 fully saturated rings. The molecular weight excluding hydrogens is 440 g/mol. The predicted molar refractivity (Wildman–Crippen MR) is 88.5 cm³/mol. The largest absolute Gasteiger partial charge is 0.464 e. The quantitative estimate of drug-likeness (QED) is 0.352. The smallest absolute Gasteiger partial charge is 0.428 e. The summed E-state index contributed by atoms with van der Waals surface area (Å²) < 4.78 is 50.4. The van der Waals surface area contributed by atoms with E-state index in [-0.39, 0.29) is 18.9 Å². The van der Waals surface area contributed by atoms with E-state index < -0.39 is 39.0 Å². The molecule has 24 heavy (non-hydrogen) atoms. The monoisotopic (exact) mass is 462 g/mol.